The van der Waals surface area contributed by atoms with Gasteiger partial charge < -0.3 is 20.9 Å². The molecule has 2 heterocycles. The molecule has 3 N–H and O–H groups in total. The number of piperidine rings is 1. The lowest BCUT2D eigenvalue weighted by atomic mass is 9.77. The van der Waals surface area contributed by atoms with Gasteiger partial charge in [-0.15, -0.1) is 0 Å². The van der Waals surface area contributed by atoms with Gasteiger partial charge in [-0.25, -0.2) is 0 Å². The average Bonchev–Trinajstić information content (AvgIpc) is 2.50. The number of nitrogens with one attached hydrogen (secondary N) is 1. The number of piperazine rings is 1. The summed E-state index contributed by atoms with van der Waals surface area (Å²) in [5.74, 6) is 0.176. The Morgan fingerprint density at radius 2 is 1.92 bits per heavy atom. The van der Waals surface area contributed by atoms with Gasteiger partial charge in [-0.2, -0.15) is 0 Å². The fourth-order valence-corrected chi connectivity index (χ4v) is 3.76. The van der Waals surface area contributed by atoms with Crippen LogP contribution in [0.2, 0.25) is 0 Å². The molecule has 0 spiro atoms. The van der Waals surface area contributed by atoms with Gasteiger partial charge in [0.1, 0.15) is 0 Å². The molecular weight excluding hydrogens is 320 g/mol. The minimum absolute atomic E-state index is 0.000304. The summed E-state index contributed by atoms with van der Waals surface area (Å²) in [5, 5.41) is 3.25. The highest BCUT2D eigenvalue weighted by molar-refractivity contribution is 5.88. The van der Waals surface area contributed by atoms with Crippen LogP contribution in [0, 0.1) is 11.3 Å². The van der Waals surface area contributed by atoms with E-state index in [9.17, 15) is 14.4 Å². The first-order valence-corrected chi connectivity index (χ1v) is 9.28. The normalized spacial score (nSPS) is 23.8. The highest BCUT2D eigenvalue weighted by atomic mass is 16.2. The number of likely N-dealkylation sites (tertiary alicyclic amines) is 1. The highest BCUT2D eigenvalue weighted by Gasteiger charge is 2.35. The second kappa shape index (κ2) is 8.17. The van der Waals surface area contributed by atoms with Gasteiger partial charge in [-0.3, -0.25) is 14.4 Å². The zero-order valence-corrected chi connectivity index (χ0v) is 15.7. The standard InChI is InChI=1S/C18H32N4O3/c1-13(2)10-14-17(25)22(9-6-20-14)12-16(24)21-7-4-18(3,5-8-21)11-15(19)23/h13-14,20H,4-12H2,1-3H3,(H2,19,23). The summed E-state index contributed by atoms with van der Waals surface area (Å²) in [6.07, 6.45) is 2.70. The van der Waals surface area contributed by atoms with E-state index in [1.807, 2.05) is 4.90 Å². The molecule has 25 heavy (non-hydrogen) atoms. The number of nitrogens with two attached hydrogens (primary N) is 1. The average molecular weight is 352 g/mol. The molecular formula is C18H32N4O3. The number of hydrogen-bond acceptors (Lipinski definition) is 4. The second-order valence-electron chi connectivity index (χ2n) is 8.23. The summed E-state index contributed by atoms with van der Waals surface area (Å²) >= 11 is 0. The van der Waals surface area contributed by atoms with Crippen molar-refractivity contribution in [2.24, 2.45) is 17.1 Å². The quantitative estimate of drug-likeness (QED) is 0.720. The summed E-state index contributed by atoms with van der Waals surface area (Å²) in [7, 11) is 0. The molecule has 2 saturated heterocycles. The van der Waals surface area contributed by atoms with E-state index in [0.717, 1.165) is 25.8 Å². The SMILES string of the molecule is CC(C)CC1NCCN(CC(=O)N2CCC(C)(CC(N)=O)CC2)C1=O. The molecule has 142 valence electrons. The lowest BCUT2D eigenvalue weighted by Crippen LogP contribution is -2.58. The Bertz CT molecular complexity index is 512. The molecule has 0 aliphatic carbocycles. The van der Waals surface area contributed by atoms with Gasteiger partial charge in [-0.1, -0.05) is 20.8 Å². The van der Waals surface area contributed by atoms with Gasteiger partial charge >= 0.3 is 0 Å². The Morgan fingerprint density at radius 3 is 2.48 bits per heavy atom. The molecule has 1 unspecified atom stereocenters. The van der Waals surface area contributed by atoms with Crippen molar-refractivity contribution in [3.63, 3.8) is 0 Å². The molecule has 7 nitrogen and oxygen atoms in total. The number of hydrogen-bond donors (Lipinski definition) is 2. The number of carbonyl (C=O) groups is 3. The van der Waals surface area contributed by atoms with Crippen LogP contribution in [-0.2, 0) is 14.4 Å². The van der Waals surface area contributed by atoms with E-state index in [1.165, 1.54) is 0 Å². The maximum absolute atomic E-state index is 12.6. The molecule has 0 aromatic heterocycles. The van der Waals surface area contributed by atoms with Gasteiger partial charge in [0.15, 0.2) is 0 Å². The molecule has 0 aromatic carbocycles. The topological polar surface area (TPSA) is 95.7 Å². The van der Waals surface area contributed by atoms with Crippen LogP contribution >= 0.6 is 0 Å². The molecule has 1 atom stereocenters. The minimum atomic E-state index is -0.287. The largest absolute Gasteiger partial charge is 0.370 e. The zero-order valence-electron chi connectivity index (χ0n) is 15.7. The van der Waals surface area contributed by atoms with Crippen LogP contribution in [0.4, 0.5) is 0 Å². The fraction of sp³-hybridized carbons (Fsp3) is 0.833. The maximum Gasteiger partial charge on any atom is 0.242 e. The Morgan fingerprint density at radius 1 is 1.28 bits per heavy atom. The molecule has 0 bridgehead atoms. The molecule has 2 rings (SSSR count). The number of nitrogens with zero attached hydrogens (tertiary/aromatic N) is 2. The summed E-state index contributed by atoms with van der Waals surface area (Å²) in [5.41, 5.74) is 5.20. The Kier molecular flexibility index (Phi) is 6.43. The van der Waals surface area contributed by atoms with Crippen molar-refractivity contribution >= 4 is 17.7 Å². The van der Waals surface area contributed by atoms with E-state index in [0.29, 0.717) is 32.0 Å². The molecule has 2 aliphatic heterocycles. The van der Waals surface area contributed by atoms with Crippen LogP contribution in [0.25, 0.3) is 0 Å². The second-order valence-corrected chi connectivity index (χ2v) is 8.23. The van der Waals surface area contributed by atoms with Gasteiger partial charge in [0, 0.05) is 32.6 Å². The maximum atomic E-state index is 12.6. The summed E-state index contributed by atoms with van der Waals surface area (Å²) in [6, 6.07) is -0.179. The smallest absolute Gasteiger partial charge is 0.242 e. The predicted molar refractivity (Wildman–Crippen MR) is 95.6 cm³/mol. The van der Waals surface area contributed by atoms with E-state index >= 15 is 0 Å². The first-order chi connectivity index (χ1) is 11.7. The van der Waals surface area contributed by atoms with Gasteiger partial charge in [0.2, 0.25) is 17.7 Å². The van der Waals surface area contributed by atoms with Crippen molar-refractivity contribution in [2.45, 2.75) is 52.5 Å². The lowest BCUT2D eigenvalue weighted by molar-refractivity contribution is -0.144. The van der Waals surface area contributed by atoms with Crippen molar-refractivity contribution in [3.8, 4) is 0 Å². The molecule has 0 saturated carbocycles. The zero-order chi connectivity index (χ0) is 18.6. The summed E-state index contributed by atoms with van der Waals surface area (Å²) < 4.78 is 0. The third kappa shape index (κ3) is 5.42. The van der Waals surface area contributed by atoms with Crippen molar-refractivity contribution in [1.82, 2.24) is 15.1 Å². The molecule has 0 aromatic rings. The fourth-order valence-electron chi connectivity index (χ4n) is 3.76. The predicted octanol–water partition coefficient (Wildman–Crippen LogP) is 0.337. The van der Waals surface area contributed by atoms with Crippen LogP contribution in [0.3, 0.4) is 0 Å². The first-order valence-electron chi connectivity index (χ1n) is 9.28. The number of carbonyl (C=O) groups excluding carboxylic acids is 3. The van der Waals surface area contributed by atoms with E-state index in [2.05, 4.69) is 26.1 Å². The van der Waals surface area contributed by atoms with Crippen LogP contribution in [0.1, 0.15) is 46.5 Å². The Hall–Kier alpha value is -1.63. The van der Waals surface area contributed by atoms with Gasteiger partial charge in [-0.05, 0) is 30.6 Å². The Balaban J connectivity index is 1.86. The summed E-state index contributed by atoms with van der Waals surface area (Å²) in [4.78, 5) is 39.8. The Labute approximate surface area is 150 Å². The molecule has 2 aliphatic rings. The highest BCUT2D eigenvalue weighted by Crippen LogP contribution is 2.34. The van der Waals surface area contributed by atoms with Crippen molar-refractivity contribution < 1.29 is 14.4 Å². The van der Waals surface area contributed by atoms with Crippen LogP contribution in [0.15, 0.2) is 0 Å². The monoisotopic (exact) mass is 352 g/mol. The first kappa shape index (κ1) is 19.7. The van der Waals surface area contributed by atoms with E-state index in [4.69, 9.17) is 5.73 Å². The van der Waals surface area contributed by atoms with E-state index in [-0.39, 0.29) is 35.7 Å². The van der Waals surface area contributed by atoms with E-state index in [1.54, 1.807) is 4.90 Å². The van der Waals surface area contributed by atoms with Crippen molar-refractivity contribution in [1.29, 1.82) is 0 Å². The number of rotatable bonds is 6. The van der Waals surface area contributed by atoms with E-state index < -0.39 is 0 Å². The minimum Gasteiger partial charge on any atom is -0.370 e. The van der Waals surface area contributed by atoms with Crippen LogP contribution in [-0.4, -0.2) is 66.3 Å². The molecule has 0 radical (unpaired) electrons. The van der Waals surface area contributed by atoms with Crippen molar-refractivity contribution in [2.75, 3.05) is 32.7 Å². The van der Waals surface area contributed by atoms with Gasteiger partial charge in [0.25, 0.3) is 0 Å². The number of primary amides is 1. The third-order valence-electron chi connectivity index (χ3n) is 5.34. The van der Waals surface area contributed by atoms with Crippen molar-refractivity contribution in [3.05, 3.63) is 0 Å². The molecule has 2 fully saturated rings. The lowest BCUT2D eigenvalue weighted by Gasteiger charge is -2.40. The molecule has 7 heteroatoms. The van der Waals surface area contributed by atoms with Crippen LogP contribution < -0.4 is 11.1 Å². The summed E-state index contributed by atoms with van der Waals surface area (Å²) in [6.45, 7) is 8.94. The van der Waals surface area contributed by atoms with Gasteiger partial charge in [0.05, 0.1) is 12.6 Å². The third-order valence-corrected chi connectivity index (χ3v) is 5.34. The van der Waals surface area contributed by atoms with Crippen LogP contribution in [0.5, 0.6) is 0 Å². The molecule has 3 amide bonds. The number of amides is 3.